The Morgan fingerprint density at radius 2 is 1.94 bits per heavy atom. The van der Waals surface area contributed by atoms with Crippen molar-refractivity contribution < 1.29 is 13.2 Å². The summed E-state index contributed by atoms with van der Waals surface area (Å²) in [6.07, 6.45) is 5.04. The van der Waals surface area contributed by atoms with E-state index in [9.17, 15) is 13.2 Å². The highest BCUT2D eigenvalue weighted by molar-refractivity contribution is 7.91. The van der Waals surface area contributed by atoms with Crippen molar-refractivity contribution in [3.05, 3.63) is 70.3 Å². The van der Waals surface area contributed by atoms with E-state index in [2.05, 4.69) is 54.3 Å². The van der Waals surface area contributed by atoms with E-state index in [4.69, 9.17) is 0 Å². The number of hydrogen-bond donors (Lipinski definition) is 0. The Hall–Kier alpha value is -2.14. The van der Waals surface area contributed by atoms with Crippen molar-refractivity contribution in [2.24, 2.45) is 5.92 Å². The second-order valence-corrected chi connectivity index (χ2v) is 11.9. The molecule has 2 fully saturated rings. The van der Waals surface area contributed by atoms with Gasteiger partial charge in [-0.2, -0.15) is 0 Å². The number of nitrogens with zero attached hydrogens (tertiary/aromatic N) is 1. The molecule has 1 aliphatic carbocycles. The fourth-order valence-electron chi connectivity index (χ4n) is 5.96. The SMILES string of the molecule is Cc1ccccc1Cc1ccc2c(c1)CC[C@@H]1C2CCN1C(=O)CC1CCS(=O)(=O)C1. The van der Waals surface area contributed by atoms with Crippen molar-refractivity contribution in [3.63, 3.8) is 0 Å². The predicted molar refractivity (Wildman–Crippen MR) is 123 cm³/mol. The van der Waals surface area contributed by atoms with Crippen LogP contribution in [0.5, 0.6) is 0 Å². The Morgan fingerprint density at radius 3 is 2.71 bits per heavy atom. The van der Waals surface area contributed by atoms with E-state index >= 15 is 0 Å². The van der Waals surface area contributed by atoms with Gasteiger partial charge in [-0.1, -0.05) is 42.5 Å². The molecular weight excluding hydrogens is 406 g/mol. The van der Waals surface area contributed by atoms with Crippen LogP contribution >= 0.6 is 0 Å². The van der Waals surface area contributed by atoms with Crippen molar-refractivity contribution in [2.45, 2.75) is 57.4 Å². The molecule has 2 heterocycles. The molecule has 5 rings (SSSR count). The highest BCUT2D eigenvalue weighted by atomic mass is 32.2. The number of carbonyl (C=O) groups is 1. The quantitative estimate of drug-likeness (QED) is 0.725. The van der Waals surface area contributed by atoms with Gasteiger partial charge in [-0.05, 0) is 72.8 Å². The van der Waals surface area contributed by atoms with Crippen LogP contribution in [0.2, 0.25) is 0 Å². The van der Waals surface area contributed by atoms with Crippen LogP contribution in [0.4, 0.5) is 0 Å². The number of benzene rings is 2. The maximum Gasteiger partial charge on any atom is 0.223 e. The number of hydrogen-bond acceptors (Lipinski definition) is 3. The monoisotopic (exact) mass is 437 g/mol. The molecule has 0 aromatic heterocycles. The van der Waals surface area contributed by atoms with Gasteiger partial charge >= 0.3 is 0 Å². The van der Waals surface area contributed by atoms with Crippen molar-refractivity contribution in [1.82, 2.24) is 4.90 Å². The summed E-state index contributed by atoms with van der Waals surface area (Å²) in [4.78, 5) is 15.1. The molecular formula is C26H31NO3S. The zero-order valence-corrected chi connectivity index (χ0v) is 19.0. The van der Waals surface area contributed by atoms with Crippen LogP contribution in [-0.4, -0.2) is 43.3 Å². The Kier molecular flexibility index (Phi) is 5.41. The molecule has 164 valence electrons. The van der Waals surface area contributed by atoms with Gasteiger partial charge in [0.2, 0.25) is 5.91 Å². The van der Waals surface area contributed by atoms with Crippen LogP contribution in [0.3, 0.4) is 0 Å². The first-order valence-corrected chi connectivity index (χ1v) is 13.4. The average molecular weight is 438 g/mol. The van der Waals surface area contributed by atoms with Crippen LogP contribution in [-0.2, 0) is 27.5 Å². The van der Waals surface area contributed by atoms with Gasteiger partial charge in [-0.25, -0.2) is 8.42 Å². The maximum atomic E-state index is 13.0. The maximum absolute atomic E-state index is 13.0. The van der Waals surface area contributed by atoms with E-state index in [1.807, 2.05) is 0 Å². The van der Waals surface area contributed by atoms with Crippen LogP contribution in [0.25, 0.3) is 0 Å². The minimum Gasteiger partial charge on any atom is -0.339 e. The molecule has 0 N–H and O–H groups in total. The van der Waals surface area contributed by atoms with Crippen LogP contribution in [0.15, 0.2) is 42.5 Å². The van der Waals surface area contributed by atoms with Gasteiger partial charge in [0.1, 0.15) is 0 Å². The van der Waals surface area contributed by atoms with Crippen molar-refractivity contribution in [1.29, 1.82) is 0 Å². The van der Waals surface area contributed by atoms with Crippen LogP contribution in [0.1, 0.15) is 59.4 Å². The molecule has 0 saturated carbocycles. The molecule has 0 radical (unpaired) electrons. The Labute approximate surface area is 185 Å². The highest BCUT2D eigenvalue weighted by Gasteiger charge is 2.41. The highest BCUT2D eigenvalue weighted by Crippen LogP contribution is 2.42. The van der Waals surface area contributed by atoms with Crippen LogP contribution in [0, 0.1) is 12.8 Å². The number of aryl methyl sites for hydroxylation is 2. The van der Waals surface area contributed by atoms with Crippen molar-refractivity contribution in [3.8, 4) is 0 Å². The Morgan fingerprint density at radius 1 is 1.10 bits per heavy atom. The van der Waals surface area contributed by atoms with Gasteiger partial charge < -0.3 is 4.90 Å². The lowest BCUT2D eigenvalue weighted by Crippen LogP contribution is -2.40. The Balaban J connectivity index is 1.28. The number of amides is 1. The smallest absolute Gasteiger partial charge is 0.223 e. The molecule has 2 unspecified atom stereocenters. The van der Waals surface area contributed by atoms with Gasteiger partial charge in [0.25, 0.3) is 0 Å². The van der Waals surface area contributed by atoms with E-state index in [-0.39, 0.29) is 29.4 Å². The number of rotatable bonds is 4. The normalized spacial score (nSPS) is 26.5. The van der Waals surface area contributed by atoms with Gasteiger partial charge in [0, 0.05) is 24.9 Å². The molecule has 5 heteroatoms. The van der Waals surface area contributed by atoms with E-state index in [1.165, 1.54) is 27.8 Å². The molecule has 1 amide bonds. The van der Waals surface area contributed by atoms with E-state index < -0.39 is 9.84 Å². The van der Waals surface area contributed by atoms with Gasteiger partial charge in [0.15, 0.2) is 9.84 Å². The third-order valence-corrected chi connectivity index (χ3v) is 9.47. The third-order valence-electron chi connectivity index (χ3n) is 7.63. The van der Waals surface area contributed by atoms with E-state index in [0.29, 0.717) is 18.8 Å². The Bertz CT molecular complexity index is 1110. The van der Waals surface area contributed by atoms with Crippen molar-refractivity contribution >= 4 is 15.7 Å². The van der Waals surface area contributed by atoms with E-state index in [1.54, 1.807) is 0 Å². The molecule has 3 atom stereocenters. The molecule has 2 saturated heterocycles. The van der Waals surface area contributed by atoms with Crippen molar-refractivity contribution in [2.75, 3.05) is 18.1 Å². The first kappa shape index (κ1) is 20.7. The standard InChI is InChI=1S/C26H31NO3S/c1-18-4-2-3-5-21(18)14-19-6-8-23-22(15-19)7-9-25-24(23)10-12-27(25)26(28)16-20-11-13-31(29,30)17-20/h2-6,8,15,20,24-25H,7,9-14,16-17H2,1H3/t20?,24?,25-/m1/s1. The number of sulfone groups is 1. The number of carbonyl (C=O) groups excluding carboxylic acids is 1. The minimum absolute atomic E-state index is 0.0106. The summed E-state index contributed by atoms with van der Waals surface area (Å²) in [6.45, 7) is 2.97. The summed E-state index contributed by atoms with van der Waals surface area (Å²) in [6, 6.07) is 15.8. The van der Waals surface area contributed by atoms with Gasteiger partial charge in [-0.15, -0.1) is 0 Å². The lowest BCUT2D eigenvalue weighted by atomic mass is 9.78. The second kappa shape index (κ2) is 8.09. The second-order valence-electron chi connectivity index (χ2n) is 9.70. The zero-order valence-electron chi connectivity index (χ0n) is 18.2. The minimum atomic E-state index is -2.93. The molecule has 31 heavy (non-hydrogen) atoms. The number of fused-ring (bicyclic) bond motifs is 3. The molecule has 0 bridgehead atoms. The predicted octanol–water partition coefficient (Wildman–Crippen LogP) is 4.04. The number of likely N-dealkylation sites (tertiary alicyclic amines) is 1. The molecule has 4 nitrogen and oxygen atoms in total. The summed E-state index contributed by atoms with van der Waals surface area (Å²) in [7, 11) is -2.93. The summed E-state index contributed by atoms with van der Waals surface area (Å²) in [5.41, 5.74) is 6.94. The molecule has 2 aliphatic heterocycles. The molecule has 2 aromatic carbocycles. The lowest BCUT2D eigenvalue weighted by molar-refractivity contribution is -0.133. The first-order valence-electron chi connectivity index (χ1n) is 11.6. The fourth-order valence-corrected chi connectivity index (χ4v) is 7.82. The average Bonchev–Trinajstić information content (AvgIpc) is 3.32. The van der Waals surface area contributed by atoms with Gasteiger partial charge in [0.05, 0.1) is 11.5 Å². The molecule has 2 aromatic rings. The first-order chi connectivity index (χ1) is 14.9. The topological polar surface area (TPSA) is 54.5 Å². The largest absolute Gasteiger partial charge is 0.339 e. The van der Waals surface area contributed by atoms with Crippen LogP contribution < -0.4 is 0 Å². The summed E-state index contributed by atoms with van der Waals surface area (Å²) >= 11 is 0. The fraction of sp³-hybridized carbons (Fsp3) is 0.500. The molecule has 3 aliphatic rings. The summed E-state index contributed by atoms with van der Waals surface area (Å²) in [5.74, 6) is 1.03. The third kappa shape index (κ3) is 4.17. The van der Waals surface area contributed by atoms with Gasteiger partial charge in [-0.3, -0.25) is 4.79 Å². The zero-order chi connectivity index (χ0) is 21.6. The summed E-state index contributed by atoms with van der Waals surface area (Å²) in [5, 5.41) is 0. The van der Waals surface area contributed by atoms with E-state index in [0.717, 1.165) is 32.2 Å². The molecule has 0 spiro atoms. The lowest BCUT2D eigenvalue weighted by Gasteiger charge is -2.34. The summed E-state index contributed by atoms with van der Waals surface area (Å²) < 4.78 is 23.5.